The molecule has 152 valence electrons. The first-order valence-electron chi connectivity index (χ1n) is 9.67. The number of hydrogen-bond acceptors (Lipinski definition) is 4. The molecule has 1 heterocycles. The highest BCUT2D eigenvalue weighted by atomic mass is 16.5. The van der Waals surface area contributed by atoms with E-state index in [1.54, 1.807) is 25.0 Å². The third-order valence-electron chi connectivity index (χ3n) is 4.67. The first-order chi connectivity index (χ1) is 13.5. The molecule has 0 spiro atoms. The van der Waals surface area contributed by atoms with Crippen molar-refractivity contribution in [2.75, 3.05) is 26.8 Å². The molecule has 1 atom stereocenters. The number of benzene rings is 1. The van der Waals surface area contributed by atoms with Crippen molar-refractivity contribution in [1.29, 1.82) is 0 Å². The number of ether oxygens (including phenoxy) is 1. The van der Waals surface area contributed by atoms with Crippen molar-refractivity contribution in [2.24, 2.45) is 0 Å². The van der Waals surface area contributed by atoms with Crippen molar-refractivity contribution in [3.8, 4) is 0 Å². The van der Waals surface area contributed by atoms with Gasteiger partial charge in [-0.25, -0.2) is 0 Å². The summed E-state index contributed by atoms with van der Waals surface area (Å²) in [5.41, 5.74) is 1.78. The topological polar surface area (TPSA) is 71.8 Å². The van der Waals surface area contributed by atoms with Gasteiger partial charge in [0, 0.05) is 32.7 Å². The molecule has 1 N–H and O–H groups in total. The van der Waals surface area contributed by atoms with E-state index in [0.717, 1.165) is 12.8 Å². The second kappa shape index (κ2) is 11.3. The molecule has 28 heavy (non-hydrogen) atoms. The van der Waals surface area contributed by atoms with Gasteiger partial charge in [0.2, 0.25) is 5.91 Å². The number of amides is 2. The maximum absolute atomic E-state index is 12.7. The van der Waals surface area contributed by atoms with Crippen LogP contribution in [0.2, 0.25) is 0 Å². The number of carbonyl (C=O) groups excluding carboxylic acids is 2. The second-order valence-electron chi connectivity index (χ2n) is 6.92. The van der Waals surface area contributed by atoms with Gasteiger partial charge in [-0.15, -0.1) is 0 Å². The number of furan rings is 1. The Morgan fingerprint density at radius 3 is 2.57 bits per heavy atom. The molecule has 2 rings (SSSR count). The van der Waals surface area contributed by atoms with Crippen LogP contribution in [0, 0.1) is 6.92 Å². The van der Waals surface area contributed by atoms with Crippen LogP contribution in [0.5, 0.6) is 0 Å². The van der Waals surface area contributed by atoms with Gasteiger partial charge < -0.3 is 19.4 Å². The predicted octanol–water partition coefficient (Wildman–Crippen LogP) is 3.20. The van der Waals surface area contributed by atoms with Gasteiger partial charge in [0.25, 0.3) is 5.91 Å². The third kappa shape index (κ3) is 6.85. The molecular formula is C22H30N2O4. The van der Waals surface area contributed by atoms with Gasteiger partial charge in [0.1, 0.15) is 5.76 Å². The molecule has 1 aromatic carbocycles. The second-order valence-corrected chi connectivity index (χ2v) is 6.92. The van der Waals surface area contributed by atoms with Crippen LogP contribution in [0.1, 0.15) is 41.4 Å². The largest absolute Gasteiger partial charge is 0.469 e. The summed E-state index contributed by atoms with van der Waals surface area (Å²) in [6, 6.07) is 11.9. The van der Waals surface area contributed by atoms with Crippen LogP contribution < -0.4 is 5.32 Å². The SMILES string of the molecule is COCCN(CCC(=O)N[C@@H](C)CCc1ccccc1)C(=O)c1ccoc1C. The molecule has 0 aliphatic heterocycles. The fourth-order valence-corrected chi connectivity index (χ4v) is 2.98. The highest BCUT2D eigenvalue weighted by Crippen LogP contribution is 2.12. The average Bonchev–Trinajstić information content (AvgIpc) is 3.12. The molecule has 0 saturated carbocycles. The maximum atomic E-state index is 12.7. The standard InChI is InChI=1S/C22H30N2O4/c1-17(9-10-19-7-5-4-6-8-19)23-21(25)11-13-24(14-16-27-3)22(26)20-12-15-28-18(20)2/h4-8,12,15,17H,9-11,13-14,16H2,1-3H3,(H,23,25)/t17-/m0/s1. The number of nitrogens with zero attached hydrogens (tertiary/aromatic N) is 1. The quantitative estimate of drug-likeness (QED) is 0.644. The molecule has 1 aromatic heterocycles. The van der Waals surface area contributed by atoms with Crippen LogP contribution in [0.3, 0.4) is 0 Å². The summed E-state index contributed by atoms with van der Waals surface area (Å²) < 4.78 is 10.3. The predicted molar refractivity (Wildman–Crippen MR) is 108 cm³/mol. The fourth-order valence-electron chi connectivity index (χ4n) is 2.98. The van der Waals surface area contributed by atoms with Crippen molar-refractivity contribution in [3.05, 3.63) is 59.5 Å². The fraction of sp³-hybridized carbons (Fsp3) is 0.455. The van der Waals surface area contributed by atoms with E-state index in [9.17, 15) is 9.59 Å². The highest BCUT2D eigenvalue weighted by Gasteiger charge is 2.20. The molecule has 0 saturated heterocycles. The molecule has 2 aromatic rings. The molecule has 0 aliphatic rings. The summed E-state index contributed by atoms with van der Waals surface area (Å²) >= 11 is 0. The molecule has 0 unspecified atom stereocenters. The minimum absolute atomic E-state index is 0.0558. The number of nitrogens with one attached hydrogen (secondary N) is 1. The Bertz CT molecular complexity index is 742. The Balaban J connectivity index is 1.81. The molecule has 6 heteroatoms. The van der Waals surface area contributed by atoms with Crippen molar-refractivity contribution in [2.45, 2.75) is 39.2 Å². The third-order valence-corrected chi connectivity index (χ3v) is 4.67. The average molecular weight is 386 g/mol. The first kappa shape index (κ1) is 21.7. The van der Waals surface area contributed by atoms with Crippen LogP contribution in [-0.2, 0) is 16.0 Å². The van der Waals surface area contributed by atoms with E-state index in [1.807, 2.05) is 25.1 Å². The Hall–Kier alpha value is -2.60. The Morgan fingerprint density at radius 1 is 1.18 bits per heavy atom. The number of carbonyl (C=O) groups is 2. The monoisotopic (exact) mass is 386 g/mol. The summed E-state index contributed by atoms with van der Waals surface area (Å²) in [4.78, 5) is 26.7. The van der Waals surface area contributed by atoms with Crippen molar-refractivity contribution in [3.63, 3.8) is 0 Å². The van der Waals surface area contributed by atoms with Crippen LogP contribution in [0.15, 0.2) is 47.1 Å². The lowest BCUT2D eigenvalue weighted by atomic mass is 10.1. The molecule has 2 amide bonds. The number of methoxy groups -OCH3 is 1. The lowest BCUT2D eigenvalue weighted by Crippen LogP contribution is -2.39. The van der Waals surface area contributed by atoms with Crippen molar-refractivity contribution < 1.29 is 18.7 Å². The van der Waals surface area contributed by atoms with Crippen molar-refractivity contribution in [1.82, 2.24) is 10.2 Å². The summed E-state index contributed by atoms with van der Waals surface area (Å²) in [5.74, 6) is 0.374. The van der Waals surface area contributed by atoms with E-state index in [2.05, 4.69) is 17.4 Å². The van der Waals surface area contributed by atoms with E-state index in [0.29, 0.717) is 31.0 Å². The molecular weight excluding hydrogens is 356 g/mol. The highest BCUT2D eigenvalue weighted by molar-refractivity contribution is 5.95. The van der Waals surface area contributed by atoms with Gasteiger partial charge in [-0.2, -0.15) is 0 Å². The van der Waals surface area contributed by atoms with Gasteiger partial charge in [-0.3, -0.25) is 9.59 Å². The number of rotatable bonds is 11. The van der Waals surface area contributed by atoms with Crippen LogP contribution in [0.25, 0.3) is 0 Å². The van der Waals surface area contributed by atoms with E-state index < -0.39 is 0 Å². The van der Waals surface area contributed by atoms with E-state index in [1.165, 1.54) is 11.8 Å². The Labute approximate surface area is 166 Å². The minimum Gasteiger partial charge on any atom is -0.469 e. The lowest BCUT2D eigenvalue weighted by molar-refractivity contribution is -0.121. The van der Waals surface area contributed by atoms with E-state index >= 15 is 0 Å². The van der Waals surface area contributed by atoms with Crippen LogP contribution in [0.4, 0.5) is 0 Å². The lowest BCUT2D eigenvalue weighted by Gasteiger charge is -2.22. The van der Waals surface area contributed by atoms with Gasteiger partial charge in [0.05, 0.1) is 18.4 Å². The minimum atomic E-state index is -0.145. The zero-order valence-corrected chi connectivity index (χ0v) is 16.9. The van der Waals surface area contributed by atoms with Gasteiger partial charge in [-0.1, -0.05) is 30.3 Å². The van der Waals surface area contributed by atoms with Gasteiger partial charge in [-0.05, 0) is 38.3 Å². The van der Waals surface area contributed by atoms with Crippen LogP contribution >= 0.6 is 0 Å². The summed E-state index contributed by atoms with van der Waals surface area (Å²) in [7, 11) is 1.59. The number of aryl methyl sites for hydroxylation is 2. The summed E-state index contributed by atoms with van der Waals surface area (Å²) in [6.45, 7) is 4.94. The van der Waals surface area contributed by atoms with E-state index in [4.69, 9.17) is 9.15 Å². The number of hydrogen-bond donors (Lipinski definition) is 1. The van der Waals surface area contributed by atoms with Crippen LogP contribution in [-0.4, -0.2) is 49.6 Å². The Kier molecular flexibility index (Phi) is 8.75. The normalized spacial score (nSPS) is 11.8. The first-order valence-corrected chi connectivity index (χ1v) is 9.67. The van der Waals surface area contributed by atoms with E-state index in [-0.39, 0.29) is 24.3 Å². The molecule has 0 bridgehead atoms. The molecule has 6 nitrogen and oxygen atoms in total. The van der Waals surface area contributed by atoms with Crippen molar-refractivity contribution >= 4 is 11.8 Å². The van der Waals surface area contributed by atoms with Gasteiger partial charge >= 0.3 is 0 Å². The van der Waals surface area contributed by atoms with Gasteiger partial charge in [0.15, 0.2) is 0 Å². The summed E-state index contributed by atoms with van der Waals surface area (Å²) in [6.07, 6.45) is 3.54. The molecule has 0 radical (unpaired) electrons. The Morgan fingerprint density at radius 2 is 1.93 bits per heavy atom. The zero-order chi connectivity index (χ0) is 20.4. The molecule has 0 aliphatic carbocycles. The molecule has 0 fully saturated rings. The smallest absolute Gasteiger partial charge is 0.257 e. The zero-order valence-electron chi connectivity index (χ0n) is 16.9. The maximum Gasteiger partial charge on any atom is 0.257 e. The summed E-state index contributed by atoms with van der Waals surface area (Å²) in [5, 5.41) is 3.02.